The highest BCUT2D eigenvalue weighted by molar-refractivity contribution is 7.13. The Morgan fingerprint density at radius 3 is 2.52 bits per heavy atom. The molecule has 3 fully saturated rings. The summed E-state index contributed by atoms with van der Waals surface area (Å²) >= 11 is 1.62. The van der Waals surface area contributed by atoms with Gasteiger partial charge in [0.2, 0.25) is 11.8 Å². The van der Waals surface area contributed by atoms with Crippen LogP contribution in [0, 0.1) is 18.3 Å². The lowest BCUT2D eigenvalue weighted by Crippen LogP contribution is -2.62. The number of carbonyl (C=O) groups is 2. The molecule has 13 heteroatoms. The normalized spacial score (nSPS) is 17.8. The third-order valence-corrected chi connectivity index (χ3v) is 13.0. The molecule has 3 aliphatic rings. The van der Waals surface area contributed by atoms with Crippen molar-refractivity contribution in [3.8, 4) is 27.4 Å². The van der Waals surface area contributed by atoms with Crippen molar-refractivity contribution in [2.75, 3.05) is 31.6 Å². The first-order valence-electron chi connectivity index (χ1n) is 20.1. The summed E-state index contributed by atoms with van der Waals surface area (Å²) in [4.78, 5) is 37.1. The van der Waals surface area contributed by atoms with Crippen LogP contribution in [0.25, 0.3) is 32.6 Å². The van der Waals surface area contributed by atoms with Crippen molar-refractivity contribution < 1.29 is 19.2 Å². The number of phenolic OH excluding ortho intramolecular Hbond substituents is 1. The number of hydrogen-bond acceptors (Lipinski definition) is 11. The van der Waals surface area contributed by atoms with Crippen molar-refractivity contribution in [2.45, 2.75) is 70.9 Å². The number of amides is 2. The van der Waals surface area contributed by atoms with Gasteiger partial charge < -0.3 is 30.5 Å². The van der Waals surface area contributed by atoms with Gasteiger partial charge in [0.15, 0.2) is 11.6 Å². The Bertz CT molecular complexity index is 2410. The molecule has 4 N–H and O–H groups in total. The molecule has 2 aliphatic heterocycles. The monoisotopic (exact) mass is 798 g/mol. The van der Waals surface area contributed by atoms with E-state index in [9.17, 15) is 14.7 Å². The number of aromatic hydroxyl groups is 1. The standard InChI is InChI=1S/C44H45N7O4S.CH5N/c1-26(2)40(43(54)51-16-6-8-36(51)42(53)45-22-28-10-12-29(13-11-28)41-27(3)46-25-56-41)38-19-39(49-55-38)50-23-44(24-50)20-32(21-44)30-14-15-31-18-35(48-47-34(31)17-30)33-7-4-5-9-37(33)52;1-2/h4-5,7,9-15,17-19,25-26,32,36,40,52H,6,8,16,20-24H2,1-3H3,(H,45,53);2H2,1H3. The number of aromatic nitrogens is 4. The van der Waals surface area contributed by atoms with Gasteiger partial charge in [0.25, 0.3) is 0 Å². The molecular weight excluding hydrogens is 749 g/mol. The Labute approximate surface area is 342 Å². The third-order valence-electron chi connectivity index (χ3n) is 12.0. The molecule has 3 aromatic carbocycles. The highest BCUT2D eigenvalue weighted by Gasteiger charge is 2.53. The number of phenols is 1. The number of para-hydroxylation sites is 1. The first-order chi connectivity index (χ1) is 28.1. The summed E-state index contributed by atoms with van der Waals surface area (Å²) in [5.41, 5.74) is 13.2. The molecule has 3 aromatic heterocycles. The van der Waals surface area contributed by atoms with Crippen LogP contribution in [0.3, 0.4) is 0 Å². The summed E-state index contributed by atoms with van der Waals surface area (Å²) < 4.78 is 5.90. The summed E-state index contributed by atoms with van der Waals surface area (Å²) in [5, 5.41) is 27.7. The third kappa shape index (κ3) is 7.56. The van der Waals surface area contributed by atoms with Crippen molar-refractivity contribution in [3.63, 3.8) is 0 Å². The van der Waals surface area contributed by atoms with Gasteiger partial charge in [-0.1, -0.05) is 67.5 Å². The summed E-state index contributed by atoms with van der Waals surface area (Å²) in [5.74, 6) is 1.20. The molecule has 1 spiro atoms. The fourth-order valence-corrected chi connectivity index (χ4v) is 9.80. The van der Waals surface area contributed by atoms with Crippen LogP contribution in [0.15, 0.2) is 88.9 Å². The molecule has 2 saturated heterocycles. The number of carbonyl (C=O) groups excluding carboxylic acids is 2. The molecule has 2 atom stereocenters. The maximum absolute atomic E-state index is 14.1. The number of nitrogens with one attached hydrogen (secondary N) is 1. The minimum atomic E-state index is -0.527. The van der Waals surface area contributed by atoms with E-state index in [1.165, 1.54) is 12.6 Å². The molecule has 6 aromatic rings. The number of fused-ring (bicyclic) bond motifs is 1. The quantitative estimate of drug-likeness (QED) is 0.127. The number of aryl methyl sites for hydroxylation is 1. The number of anilines is 1. The van der Waals surface area contributed by atoms with Crippen molar-refractivity contribution in [1.29, 1.82) is 0 Å². The first-order valence-corrected chi connectivity index (χ1v) is 21.0. The van der Waals surface area contributed by atoms with Crippen LogP contribution < -0.4 is 16.0 Å². The SMILES string of the molecule is CN.Cc1ncsc1-c1ccc(CNC(=O)C2CCCN2C(=O)C(c2cc(N3CC4(CC(c5ccc6cc(-c7ccccc7O)nnc6c5)C4)C3)no2)C(C)C)cc1. The molecule has 300 valence electrons. The Kier molecular flexibility index (Phi) is 11.0. The van der Waals surface area contributed by atoms with Crippen LogP contribution in [-0.2, 0) is 16.1 Å². The van der Waals surface area contributed by atoms with E-state index >= 15 is 0 Å². The van der Waals surface area contributed by atoms with Gasteiger partial charge >= 0.3 is 0 Å². The molecule has 5 heterocycles. The molecule has 2 amide bonds. The highest BCUT2D eigenvalue weighted by Crippen LogP contribution is 2.57. The molecule has 9 rings (SSSR count). The highest BCUT2D eigenvalue weighted by atomic mass is 32.1. The summed E-state index contributed by atoms with van der Waals surface area (Å²) in [6.45, 7) is 8.78. The number of thiazole rings is 1. The number of nitrogens with zero attached hydrogens (tertiary/aromatic N) is 6. The molecule has 12 nitrogen and oxygen atoms in total. The molecular formula is C45H50N8O4S. The number of likely N-dealkylation sites (tertiary alicyclic amines) is 1. The smallest absolute Gasteiger partial charge is 0.243 e. The number of benzene rings is 3. The topological polar surface area (TPSA) is 164 Å². The van der Waals surface area contributed by atoms with E-state index < -0.39 is 12.0 Å². The average molecular weight is 799 g/mol. The minimum Gasteiger partial charge on any atom is -0.507 e. The Morgan fingerprint density at radius 1 is 1.02 bits per heavy atom. The van der Waals surface area contributed by atoms with E-state index in [2.05, 4.69) is 66.6 Å². The van der Waals surface area contributed by atoms with Crippen molar-refractivity contribution in [2.24, 2.45) is 17.1 Å². The number of rotatable bonds is 10. The lowest BCUT2D eigenvalue weighted by molar-refractivity contribution is -0.140. The first kappa shape index (κ1) is 39.2. The zero-order chi connectivity index (χ0) is 40.6. The molecule has 0 radical (unpaired) electrons. The van der Waals surface area contributed by atoms with Gasteiger partial charge in [-0.05, 0) is 92.4 Å². The van der Waals surface area contributed by atoms with Gasteiger partial charge in [-0.25, -0.2) is 4.98 Å². The van der Waals surface area contributed by atoms with Crippen LogP contribution in [0.2, 0.25) is 0 Å². The van der Waals surface area contributed by atoms with Crippen molar-refractivity contribution in [1.82, 2.24) is 30.6 Å². The Morgan fingerprint density at radius 2 is 1.79 bits per heavy atom. The second kappa shape index (κ2) is 16.3. The second-order valence-electron chi connectivity index (χ2n) is 16.2. The minimum absolute atomic E-state index is 0.0350. The van der Waals surface area contributed by atoms with Gasteiger partial charge in [-0.2, -0.15) is 0 Å². The molecule has 58 heavy (non-hydrogen) atoms. The van der Waals surface area contributed by atoms with Gasteiger partial charge in [0, 0.05) is 48.6 Å². The maximum Gasteiger partial charge on any atom is 0.243 e. The number of nitrogens with two attached hydrogens (primary N) is 1. The summed E-state index contributed by atoms with van der Waals surface area (Å²) in [7, 11) is 1.50. The van der Waals surface area contributed by atoms with Crippen molar-refractivity contribution in [3.05, 3.63) is 107 Å². The van der Waals surface area contributed by atoms with Crippen molar-refractivity contribution >= 4 is 39.9 Å². The van der Waals surface area contributed by atoms with E-state index in [0.717, 1.165) is 70.8 Å². The molecule has 2 unspecified atom stereocenters. The van der Waals surface area contributed by atoms with E-state index in [1.54, 1.807) is 28.4 Å². The Hall–Kier alpha value is -5.66. The number of hydrogen-bond donors (Lipinski definition) is 3. The van der Waals surface area contributed by atoms with E-state index in [4.69, 9.17) is 4.52 Å². The molecule has 0 bridgehead atoms. The van der Waals surface area contributed by atoms with E-state index in [0.29, 0.717) is 42.4 Å². The lowest BCUT2D eigenvalue weighted by Gasteiger charge is -2.59. The fourth-order valence-electron chi connectivity index (χ4n) is 8.99. The molecule has 1 saturated carbocycles. The zero-order valence-corrected chi connectivity index (χ0v) is 34.2. The molecule has 1 aliphatic carbocycles. The average Bonchev–Trinajstić information content (AvgIpc) is 3.99. The predicted octanol–water partition coefficient (Wildman–Crippen LogP) is 7.43. The van der Waals surface area contributed by atoms with Gasteiger partial charge in [-0.15, -0.1) is 21.5 Å². The van der Waals surface area contributed by atoms with E-state index in [-0.39, 0.29) is 28.9 Å². The fraction of sp³-hybridized carbons (Fsp3) is 0.378. The lowest BCUT2D eigenvalue weighted by atomic mass is 9.56. The Balaban J connectivity index is 0.00000231. The van der Waals surface area contributed by atoms with Gasteiger partial charge in [0.1, 0.15) is 17.7 Å². The predicted molar refractivity (Wildman–Crippen MR) is 226 cm³/mol. The van der Waals surface area contributed by atoms with Crippen LogP contribution >= 0.6 is 11.3 Å². The van der Waals surface area contributed by atoms with Crippen LogP contribution in [0.1, 0.15) is 73.9 Å². The van der Waals surface area contributed by atoms with Gasteiger partial charge in [-0.3, -0.25) is 9.59 Å². The largest absolute Gasteiger partial charge is 0.507 e. The zero-order valence-electron chi connectivity index (χ0n) is 33.4. The summed E-state index contributed by atoms with van der Waals surface area (Å²) in [6, 6.07) is 25.2. The van der Waals surface area contributed by atoms with Crippen LogP contribution in [-0.4, -0.2) is 74.9 Å². The van der Waals surface area contributed by atoms with E-state index in [1.807, 2.05) is 62.7 Å². The summed E-state index contributed by atoms with van der Waals surface area (Å²) in [6.07, 6.45) is 3.60. The van der Waals surface area contributed by atoms with Gasteiger partial charge in [0.05, 0.1) is 27.3 Å². The van der Waals surface area contributed by atoms with Crippen LogP contribution in [0.5, 0.6) is 5.75 Å². The van der Waals surface area contributed by atoms with Crippen LogP contribution in [0.4, 0.5) is 5.82 Å². The second-order valence-corrected chi connectivity index (χ2v) is 17.1. The maximum atomic E-state index is 14.1.